The Bertz CT molecular complexity index is 278. The van der Waals surface area contributed by atoms with Gasteiger partial charge in [-0.05, 0) is 0 Å². The maximum absolute atomic E-state index is 5.42. The smallest absolute Gasteiger partial charge is 0.0953 e. The van der Waals surface area contributed by atoms with Crippen LogP contribution in [0, 0.1) is 0 Å². The van der Waals surface area contributed by atoms with Crippen LogP contribution in [-0.2, 0) is 6.42 Å². The molecule has 0 aliphatic heterocycles. The number of thiazole rings is 1. The molecule has 0 saturated carbocycles. The second-order valence-electron chi connectivity index (χ2n) is 2.96. The summed E-state index contributed by atoms with van der Waals surface area (Å²) in [6.45, 7) is 4.26. The molecule has 0 unspecified atom stereocenters. The van der Waals surface area contributed by atoms with Crippen LogP contribution in [0.3, 0.4) is 0 Å². The molecule has 0 aliphatic carbocycles. The first-order valence-electron chi connectivity index (χ1n) is 3.82. The minimum absolute atomic E-state index is 0.495. The molecule has 0 amide bonds. The first-order valence-corrected chi connectivity index (χ1v) is 5.05. The summed E-state index contributed by atoms with van der Waals surface area (Å²) in [5.74, 6) is 0.495. The highest BCUT2D eigenvalue weighted by atomic mass is 32.1. The van der Waals surface area contributed by atoms with E-state index in [1.807, 2.05) is 6.20 Å². The Kier molecular flexibility index (Phi) is 3.17. The molecule has 1 aromatic heterocycles. The van der Waals surface area contributed by atoms with E-state index in [0.29, 0.717) is 17.3 Å². The van der Waals surface area contributed by atoms with E-state index in [2.05, 4.69) is 18.8 Å². The third-order valence-electron chi connectivity index (χ3n) is 1.41. The van der Waals surface area contributed by atoms with Crippen LogP contribution in [0.15, 0.2) is 6.20 Å². The second kappa shape index (κ2) is 3.96. The molecule has 0 aromatic carbocycles. The van der Waals surface area contributed by atoms with Crippen LogP contribution in [0.2, 0.25) is 0 Å². The van der Waals surface area contributed by atoms with Gasteiger partial charge in [0.2, 0.25) is 0 Å². The molecule has 0 aliphatic rings. The summed E-state index contributed by atoms with van der Waals surface area (Å²) in [7, 11) is 0. The lowest BCUT2D eigenvalue weighted by Crippen LogP contribution is -2.09. The van der Waals surface area contributed by atoms with Crippen molar-refractivity contribution in [1.82, 2.24) is 4.98 Å². The minimum Gasteiger partial charge on any atom is -0.393 e. The Balaban J connectivity index is 2.70. The molecule has 0 radical (unpaired) electrons. The summed E-state index contributed by atoms with van der Waals surface area (Å²) in [5.41, 5.74) is 5.42. The number of rotatable bonds is 3. The molecule has 1 aromatic rings. The SMILES string of the molecule is CC(C)c1ncc(CC(N)=S)s1. The van der Waals surface area contributed by atoms with E-state index in [1.54, 1.807) is 11.3 Å². The number of nitrogens with two attached hydrogens (primary N) is 1. The summed E-state index contributed by atoms with van der Waals surface area (Å²) < 4.78 is 0. The summed E-state index contributed by atoms with van der Waals surface area (Å²) in [6.07, 6.45) is 2.54. The Morgan fingerprint density at radius 3 is 2.83 bits per heavy atom. The van der Waals surface area contributed by atoms with Gasteiger partial charge in [0.1, 0.15) is 0 Å². The molecule has 66 valence electrons. The number of hydrogen-bond donors (Lipinski definition) is 1. The van der Waals surface area contributed by atoms with Crippen molar-refractivity contribution in [3.8, 4) is 0 Å². The molecule has 0 spiro atoms. The zero-order valence-corrected chi connectivity index (χ0v) is 8.84. The fourth-order valence-corrected chi connectivity index (χ4v) is 2.03. The minimum atomic E-state index is 0.495. The van der Waals surface area contributed by atoms with Crippen LogP contribution < -0.4 is 5.73 Å². The van der Waals surface area contributed by atoms with Gasteiger partial charge in [0.25, 0.3) is 0 Å². The van der Waals surface area contributed by atoms with E-state index in [-0.39, 0.29) is 0 Å². The van der Waals surface area contributed by atoms with Gasteiger partial charge in [0, 0.05) is 23.4 Å². The molecular weight excluding hydrogens is 188 g/mol. The van der Waals surface area contributed by atoms with Gasteiger partial charge in [0.05, 0.1) is 10.00 Å². The molecule has 2 nitrogen and oxygen atoms in total. The standard InChI is InChI=1S/C8H12N2S2/c1-5(2)8-10-4-6(12-8)3-7(9)11/h4-5H,3H2,1-2H3,(H2,9,11). The lowest BCUT2D eigenvalue weighted by Gasteiger charge is -1.95. The van der Waals surface area contributed by atoms with Gasteiger partial charge in [-0.15, -0.1) is 11.3 Å². The van der Waals surface area contributed by atoms with Crippen molar-refractivity contribution in [2.45, 2.75) is 26.2 Å². The fourth-order valence-electron chi connectivity index (χ4n) is 0.843. The monoisotopic (exact) mass is 200 g/mol. The topological polar surface area (TPSA) is 38.9 Å². The van der Waals surface area contributed by atoms with Gasteiger partial charge in [-0.2, -0.15) is 0 Å². The molecule has 1 rings (SSSR count). The van der Waals surface area contributed by atoms with E-state index in [0.717, 1.165) is 9.88 Å². The number of aromatic nitrogens is 1. The van der Waals surface area contributed by atoms with Crippen LogP contribution in [-0.4, -0.2) is 9.97 Å². The van der Waals surface area contributed by atoms with Crippen molar-refractivity contribution < 1.29 is 0 Å². The van der Waals surface area contributed by atoms with Crippen molar-refractivity contribution in [3.05, 3.63) is 16.1 Å². The van der Waals surface area contributed by atoms with Gasteiger partial charge in [-0.3, -0.25) is 0 Å². The molecule has 0 saturated heterocycles. The van der Waals surface area contributed by atoms with Crippen molar-refractivity contribution in [1.29, 1.82) is 0 Å². The lowest BCUT2D eigenvalue weighted by atomic mass is 10.2. The van der Waals surface area contributed by atoms with Gasteiger partial charge in [-0.1, -0.05) is 26.1 Å². The number of nitrogens with zero attached hydrogens (tertiary/aromatic N) is 1. The Morgan fingerprint density at radius 2 is 2.42 bits per heavy atom. The molecule has 0 bridgehead atoms. The van der Waals surface area contributed by atoms with Gasteiger partial charge >= 0.3 is 0 Å². The molecule has 12 heavy (non-hydrogen) atoms. The largest absolute Gasteiger partial charge is 0.393 e. The predicted molar refractivity (Wildman–Crippen MR) is 56.7 cm³/mol. The molecule has 0 atom stereocenters. The van der Waals surface area contributed by atoms with E-state index < -0.39 is 0 Å². The summed E-state index contributed by atoms with van der Waals surface area (Å²) in [4.78, 5) is 5.97. The highest BCUT2D eigenvalue weighted by Gasteiger charge is 2.05. The highest BCUT2D eigenvalue weighted by Crippen LogP contribution is 2.21. The van der Waals surface area contributed by atoms with Gasteiger partial charge < -0.3 is 5.73 Å². The van der Waals surface area contributed by atoms with E-state index in [4.69, 9.17) is 18.0 Å². The molecule has 1 heterocycles. The second-order valence-corrected chi connectivity index (χ2v) is 4.63. The molecule has 4 heteroatoms. The Morgan fingerprint density at radius 1 is 1.75 bits per heavy atom. The van der Waals surface area contributed by atoms with E-state index in [1.165, 1.54) is 0 Å². The van der Waals surface area contributed by atoms with E-state index in [9.17, 15) is 0 Å². The fraction of sp³-hybridized carbons (Fsp3) is 0.500. The average Bonchev–Trinajstić information content (AvgIpc) is 2.34. The third kappa shape index (κ3) is 2.53. The lowest BCUT2D eigenvalue weighted by molar-refractivity contribution is 0.852. The number of thiocarbonyl (C=S) groups is 1. The van der Waals surface area contributed by atoms with Crippen LogP contribution in [0.25, 0.3) is 0 Å². The highest BCUT2D eigenvalue weighted by molar-refractivity contribution is 7.80. The zero-order chi connectivity index (χ0) is 9.14. The quantitative estimate of drug-likeness (QED) is 0.759. The summed E-state index contributed by atoms with van der Waals surface area (Å²) in [5, 5.41) is 1.15. The van der Waals surface area contributed by atoms with Gasteiger partial charge in [0.15, 0.2) is 0 Å². The van der Waals surface area contributed by atoms with Crippen LogP contribution in [0.4, 0.5) is 0 Å². The average molecular weight is 200 g/mol. The van der Waals surface area contributed by atoms with Crippen LogP contribution >= 0.6 is 23.6 Å². The van der Waals surface area contributed by atoms with Gasteiger partial charge in [-0.25, -0.2) is 4.98 Å². The summed E-state index contributed by atoms with van der Waals surface area (Å²) in [6, 6.07) is 0. The Hall–Kier alpha value is -0.480. The van der Waals surface area contributed by atoms with Crippen LogP contribution in [0.5, 0.6) is 0 Å². The maximum Gasteiger partial charge on any atom is 0.0953 e. The Labute approximate surface area is 81.8 Å². The zero-order valence-electron chi connectivity index (χ0n) is 7.20. The first kappa shape index (κ1) is 9.61. The number of hydrogen-bond acceptors (Lipinski definition) is 3. The first-order chi connectivity index (χ1) is 5.59. The van der Waals surface area contributed by atoms with Crippen molar-refractivity contribution >= 4 is 28.5 Å². The molecule has 0 fully saturated rings. The van der Waals surface area contributed by atoms with Crippen molar-refractivity contribution in [2.75, 3.05) is 0 Å². The van der Waals surface area contributed by atoms with Crippen molar-refractivity contribution in [2.24, 2.45) is 5.73 Å². The molecular formula is C8H12N2S2. The van der Waals surface area contributed by atoms with Crippen LogP contribution in [0.1, 0.15) is 29.7 Å². The maximum atomic E-state index is 5.42. The predicted octanol–water partition coefficient (Wildman–Crippen LogP) is 2.10. The molecule has 2 N–H and O–H groups in total. The third-order valence-corrected chi connectivity index (χ3v) is 2.86. The normalized spacial score (nSPS) is 10.6. The summed E-state index contributed by atoms with van der Waals surface area (Å²) >= 11 is 6.50. The van der Waals surface area contributed by atoms with Crippen molar-refractivity contribution in [3.63, 3.8) is 0 Å². The van der Waals surface area contributed by atoms with E-state index >= 15 is 0 Å².